The van der Waals surface area contributed by atoms with E-state index in [4.69, 9.17) is 0 Å². The van der Waals surface area contributed by atoms with Gasteiger partial charge >= 0.3 is 0 Å². The molecule has 0 saturated carbocycles. The summed E-state index contributed by atoms with van der Waals surface area (Å²) in [6, 6.07) is 4.10. The predicted molar refractivity (Wildman–Crippen MR) is 61.0 cm³/mol. The van der Waals surface area contributed by atoms with Crippen molar-refractivity contribution in [3.05, 3.63) is 30.1 Å². The number of likely N-dealkylation sites (N-methyl/N-ethyl adjacent to an activating group) is 1. The number of aromatic nitrogens is 1. The maximum Gasteiger partial charge on any atom is 0.0615 e. The van der Waals surface area contributed by atoms with Crippen LogP contribution < -0.4 is 0 Å². The lowest BCUT2D eigenvalue weighted by Gasteiger charge is -2.17. The van der Waals surface area contributed by atoms with Crippen molar-refractivity contribution >= 4 is 5.70 Å². The number of hydrogen-bond acceptors (Lipinski definition) is 2. The summed E-state index contributed by atoms with van der Waals surface area (Å²) >= 11 is 0. The summed E-state index contributed by atoms with van der Waals surface area (Å²) in [5.41, 5.74) is 2.39. The second-order valence-electron chi connectivity index (χ2n) is 3.83. The van der Waals surface area contributed by atoms with Gasteiger partial charge in [-0.3, -0.25) is 0 Å². The molecule has 0 spiro atoms. The van der Waals surface area contributed by atoms with Gasteiger partial charge in [-0.2, -0.15) is 0 Å². The monoisotopic (exact) mass is 193 g/mol. The van der Waals surface area contributed by atoms with Gasteiger partial charge in [0.05, 0.1) is 11.4 Å². The summed E-state index contributed by atoms with van der Waals surface area (Å²) in [7, 11) is 8.25. The van der Waals surface area contributed by atoms with E-state index in [0.29, 0.717) is 0 Å². The van der Waals surface area contributed by atoms with Crippen molar-refractivity contribution in [2.45, 2.75) is 0 Å². The first-order chi connectivity index (χ1) is 6.61. The first-order valence-corrected chi connectivity index (χ1v) is 4.77. The fraction of sp³-hybridized carbons (Fsp3) is 0.455. The van der Waals surface area contributed by atoms with E-state index >= 15 is 0 Å². The van der Waals surface area contributed by atoms with Gasteiger partial charge in [-0.15, -0.1) is 0 Å². The van der Waals surface area contributed by atoms with Crippen molar-refractivity contribution in [2.75, 3.05) is 34.7 Å². The van der Waals surface area contributed by atoms with Gasteiger partial charge in [-0.05, 0) is 32.3 Å². The van der Waals surface area contributed by atoms with Gasteiger partial charge in [0.1, 0.15) is 0 Å². The van der Waals surface area contributed by atoms with Crippen molar-refractivity contribution in [3.63, 3.8) is 0 Å². The van der Waals surface area contributed by atoms with E-state index in [9.17, 15) is 0 Å². The fourth-order valence-electron chi connectivity index (χ4n) is 1.29. The summed E-state index contributed by atoms with van der Waals surface area (Å²) in [6.07, 6.45) is 4.16. The SMILES string of the molecule is CN(C)C/C=C(/c1ccc[nH]1)N(C)C. The minimum atomic E-state index is 0.951. The highest BCUT2D eigenvalue weighted by molar-refractivity contribution is 5.60. The number of nitrogens with zero attached hydrogens (tertiary/aromatic N) is 2. The summed E-state index contributed by atoms with van der Waals surface area (Å²) in [4.78, 5) is 7.48. The second-order valence-corrected chi connectivity index (χ2v) is 3.83. The van der Waals surface area contributed by atoms with E-state index in [2.05, 4.69) is 55.1 Å². The van der Waals surface area contributed by atoms with Crippen molar-refractivity contribution < 1.29 is 0 Å². The Kier molecular flexibility index (Phi) is 3.77. The molecular weight excluding hydrogens is 174 g/mol. The quantitative estimate of drug-likeness (QED) is 0.782. The van der Waals surface area contributed by atoms with Crippen LogP contribution in [-0.2, 0) is 0 Å². The zero-order chi connectivity index (χ0) is 10.6. The van der Waals surface area contributed by atoms with Gasteiger partial charge in [0.15, 0.2) is 0 Å². The Hall–Kier alpha value is -1.22. The normalized spacial score (nSPS) is 12.2. The minimum Gasteiger partial charge on any atom is -0.376 e. The van der Waals surface area contributed by atoms with Crippen LogP contribution >= 0.6 is 0 Å². The minimum absolute atomic E-state index is 0.951. The molecule has 0 saturated heterocycles. The molecule has 0 unspecified atom stereocenters. The number of hydrogen-bond donors (Lipinski definition) is 1. The molecule has 0 aliphatic carbocycles. The van der Waals surface area contributed by atoms with Gasteiger partial charge in [0, 0.05) is 26.8 Å². The third-order valence-corrected chi connectivity index (χ3v) is 2.01. The highest BCUT2D eigenvalue weighted by atomic mass is 15.1. The summed E-state index contributed by atoms with van der Waals surface area (Å²) < 4.78 is 0. The molecule has 14 heavy (non-hydrogen) atoms. The molecule has 0 aliphatic rings. The summed E-state index contributed by atoms with van der Waals surface area (Å²) in [5, 5.41) is 0. The van der Waals surface area contributed by atoms with Crippen LogP contribution in [0.15, 0.2) is 24.4 Å². The molecule has 0 aromatic carbocycles. The molecule has 1 aromatic rings. The average Bonchev–Trinajstić information content (AvgIpc) is 2.56. The van der Waals surface area contributed by atoms with Crippen molar-refractivity contribution in [1.29, 1.82) is 0 Å². The molecule has 0 bridgehead atoms. The Morgan fingerprint density at radius 2 is 2.07 bits per heavy atom. The smallest absolute Gasteiger partial charge is 0.0615 e. The zero-order valence-electron chi connectivity index (χ0n) is 9.41. The maximum absolute atomic E-state index is 3.21. The maximum atomic E-state index is 3.21. The average molecular weight is 193 g/mol. The third kappa shape index (κ3) is 2.92. The molecule has 1 N–H and O–H groups in total. The van der Waals surface area contributed by atoms with Crippen LogP contribution in [0.25, 0.3) is 5.70 Å². The van der Waals surface area contributed by atoms with Crippen LogP contribution in [-0.4, -0.2) is 49.5 Å². The van der Waals surface area contributed by atoms with E-state index in [1.807, 2.05) is 12.3 Å². The number of H-pyrrole nitrogens is 1. The molecule has 3 heteroatoms. The number of aromatic amines is 1. The van der Waals surface area contributed by atoms with Gasteiger partial charge in [0.2, 0.25) is 0 Å². The van der Waals surface area contributed by atoms with E-state index in [0.717, 1.165) is 12.2 Å². The highest BCUT2D eigenvalue weighted by Gasteiger charge is 2.03. The Morgan fingerprint density at radius 3 is 2.50 bits per heavy atom. The number of rotatable bonds is 4. The standard InChI is InChI=1S/C11H19N3/c1-13(2)9-7-11(14(3)4)10-6-5-8-12-10/h5-8,12H,9H2,1-4H3/b11-7-. The van der Waals surface area contributed by atoms with Crippen molar-refractivity contribution in [3.8, 4) is 0 Å². The van der Waals surface area contributed by atoms with Gasteiger partial charge in [-0.1, -0.05) is 0 Å². The van der Waals surface area contributed by atoms with Crippen LogP contribution in [0, 0.1) is 0 Å². The topological polar surface area (TPSA) is 22.3 Å². The van der Waals surface area contributed by atoms with E-state index < -0.39 is 0 Å². The molecule has 3 nitrogen and oxygen atoms in total. The first-order valence-electron chi connectivity index (χ1n) is 4.77. The largest absolute Gasteiger partial charge is 0.376 e. The molecule has 1 aromatic heterocycles. The van der Waals surface area contributed by atoms with Crippen LogP contribution in [0.4, 0.5) is 0 Å². The van der Waals surface area contributed by atoms with E-state index in [1.54, 1.807) is 0 Å². The fourth-order valence-corrected chi connectivity index (χ4v) is 1.29. The second kappa shape index (κ2) is 4.86. The van der Waals surface area contributed by atoms with E-state index in [1.165, 1.54) is 5.70 Å². The van der Waals surface area contributed by atoms with Crippen LogP contribution in [0.1, 0.15) is 5.69 Å². The lowest BCUT2D eigenvalue weighted by atomic mass is 10.2. The predicted octanol–water partition coefficient (Wildman–Crippen LogP) is 1.48. The molecule has 1 heterocycles. The Balaban J connectivity index is 2.80. The van der Waals surface area contributed by atoms with Crippen molar-refractivity contribution in [1.82, 2.24) is 14.8 Å². The molecule has 0 atom stereocenters. The summed E-state index contributed by atoms with van der Waals surface area (Å²) in [5.74, 6) is 0. The molecule has 0 radical (unpaired) electrons. The lowest BCUT2D eigenvalue weighted by molar-refractivity contribution is 0.453. The molecular formula is C11H19N3. The first kappa shape index (κ1) is 10.9. The van der Waals surface area contributed by atoms with Crippen molar-refractivity contribution in [2.24, 2.45) is 0 Å². The Labute approximate surface area is 86.0 Å². The van der Waals surface area contributed by atoms with Gasteiger partial charge in [-0.25, -0.2) is 0 Å². The third-order valence-electron chi connectivity index (χ3n) is 2.01. The van der Waals surface area contributed by atoms with Gasteiger partial charge in [0.25, 0.3) is 0 Å². The van der Waals surface area contributed by atoms with Crippen LogP contribution in [0.3, 0.4) is 0 Å². The molecule has 1 rings (SSSR count). The molecule has 78 valence electrons. The van der Waals surface area contributed by atoms with Gasteiger partial charge < -0.3 is 14.8 Å². The lowest BCUT2D eigenvalue weighted by Crippen LogP contribution is -2.15. The molecule has 0 amide bonds. The van der Waals surface area contributed by atoms with Crippen LogP contribution in [0.2, 0.25) is 0 Å². The Bertz CT molecular complexity index is 283. The number of nitrogens with one attached hydrogen (secondary N) is 1. The summed E-state index contributed by atoms with van der Waals surface area (Å²) in [6.45, 7) is 0.951. The molecule has 0 aliphatic heterocycles. The zero-order valence-corrected chi connectivity index (χ0v) is 9.41. The molecule has 0 fully saturated rings. The van der Waals surface area contributed by atoms with Crippen LogP contribution in [0.5, 0.6) is 0 Å². The van der Waals surface area contributed by atoms with E-state index in [-0.39, 0.29) is 0 Å². The highest BCUT2D eigenvalue weighted by Crippen LogP contribution is 2.13. The Morgan fingerprint density at radius 1 is 1.36 bits per heavy atom.